The lowest BCUT2D eigenvalue weighted by Gasteiger charge is -2.16. The molecule has 0 aromatic carbocycles. The van der Waals surface area contributed by atoms with E-state index in [1.807, 2.05) is 0 Å². The van der Waals surface area contributed by atoms with Crippen LogP contribution in [0.4, 0.5) is 0 Å². The van der Waals surface area contributed by atoms with Gasteiger partial charge in [0.15, 0.2) is 0 Å². The Bertz CT molecular complexity index is 177. The molecule has 0 aliphatic carbocycles. The molecular formula is C9H16O3. The molecule has 0 aromatic rings. The fraction of sp³-hybridized carbons (Fsp3) is 0.667. The molecule has 0 unspecified atom stereocenters. The maximum Gasteiger partial charge on any atom is 0.330 e. The summed E-state index contributed by atoms with van der Waals surface area (Å²) in [4.78, 5) is 10.3. The first-order chi connectivity index (χ1) is 5.33. The van der Waals surface area contributed by atoms with E-state index in [1.54, 1.807) is 13.8 Å². The van der Waals surface area contributed by atoms with Crippen molar-refractivity contribution in [1.82, 2.24) is 0 Å². The van der Waals surface area contributed by atoms with Crippen LogP contribution in [0, 0.1) is 0 Å². The Labute approximate surface area is 72.7 Å². The maximum absolute atomic E-state index is 10.3. The van der Waals surface area contributed by atoms with Crippen molar-refractivity contribution < 1.29 is 15.0 Å². The highest BCUT2D eigenvalue weighted by molar-refractivity contribution is 5.85. The van der Waals surface area contributed by atoms with Crippen LogP contribution in [0.15, 0.2) is 12.2 Å². The molecule has 3 heteroatoms. The number of aliphatic carboxylic acids is 1. The second-order valence-electron chi connectivity index (χ2n) is 3.57. The van der Waals surface area contributed by atoms with Crippen LogP contribution in [-0.2, 0) is 4.79 Å². The minimum absolute atomic E-state index is 0.208. The SMILES string of the molecule is C=C(CCCC(C)(C)O)C(=O)O. The topological polar surface area (TPSA) is 57.5 Å². The zero-order chi connectivity index (χ0) is 9.78. The van der Waals surface area contributed by atoms with E-state index in [-0.39, 0.29) is 5.57 Å². The van der Waals surface area contributed by atoms with Gasteiger partial charge in [0.25, 0.3) is 0 Å². The largest absolute Gasteiger partial charge is 0.478 e. The summed E-state index contributed by atoms with van der Waals surface area (Å²) in [5.74, 6) is -0.953. The van der Waals surface area contributed by atoms with E-state index in [2.05, 4.69) is 6.58 Å². The van der Waals surface area contributed by atoms with Gasteiger partial charge in [-0.25, -0.2) is 4.79 Å². The first kappa shape index (κ1) is 11.2. The lowest BCUT2D eigenvalue weighted by molar-refractivity contribution is -0.132. The third-order valence-electron chi connectivity index (χ3n) is 1.57. The van der Waals surface area contributed by atoms with Crippen LogP contribution in [0.3, 0.4) is 0 Å². The normalized spacial score (nSPS) is 11.2. The third-order valence-corrected chi connectivity index (χ3v) is 1.57. The van der Waals surface area contributed by atoms with E-state index in [9.17, 15) is 9.90 Å². The fourth-order valence-corrected chi connectivity index (χ4v) is 0.841. The van der Waals surface area contributed by atoms with Crippen molar-refractivity contribution >= 4 is 5.97 Å². The number of carboxylic acids is 1. The number of rotatable bonds is 5. The fourth-order valence-electron chi connectivity index (χ4n) is 0.841. The molecule has 12 heavy (non-hydrogen) atoms. The van der Waals surface area contributed by atoms with E-state index in [1.165, 1.54) is 0 Å². The summed E-state index contributed by atoms with van der Waals surface area (Å²) in [6, 6.07) is 0. The molecule has 0 bridgehead atoms. The Kier molecular flexibility index (Phi) is 3.96. The zero-order valence-electron chi connectivity index (χ0n) is 7.63. The smallest absolute Gasteiger partial charge is 0.330 e. The molecule has 0 rings (SSSR count). The Hall–Kier alpha value is -0.830. The highest BCUT2D eigenvalue weighted by Crippen LogP contribution is 2.14. The van der Waals surface area contributed by atoms with Gasteiger partial charge in [-0.2, -0.15) is 0 Å². The highest BCUT2D eigenvalue weighted by atomic mass is 16.4. The second-order valence-corrected chi connectivity index (χ2v) is 3.57. The zero-order valence-corrected chi connectivity index (χ0v) is 7.63. The quantitative estimate of drug-likeness (QED) is 0.619. The number of carbonyl (C=O) groups is 1. The van der Waals surface area contributed by atoms with Crippen molar-refractivity contribution in [1.29, 1.82) is 0 Å². The van der Waals surface area contributed by atoms with Gasteiger partial charge in [0, 0.05) is 5.57 Å². The van der Waals surface area contributed by atoms with Crippen LogP contribution in [0.5, 0.6) is 0 Å². The molecule has 70 valence electrons. The molecular weight excluding hydrogens is 156 g/mol. The average molecular weight is 172 g/mol. The highest BCUT2D eigenvalue weighted by Gasteiger charge is 2.12. The van der Waals surface area contributed by atoms with E-state index >= 15 is 0 Å². The van der Waals surface area contributed by atoms with E-state index in [0.717, 1.165) is 0 Å². The lowest BCUT2D eigenvalue weighted by atomic mass is 10.00. The Morgan fingerprint density at radius 3 is 2.33 bits per heavy atom. The molecule has 0 atom stereocenters. The van der Waals surface area contributed by atoms with Gasteiger partial charge in [-0.3, -0.25) is 0 Å². The van der Waals surface area contributed by atoms with E-state index in [0.29, 0.717) is 19.3 Å². The molecule has 3 nitrogen and oxygen atoms in total. The number of hydrogen-bond donors (Lipinski definition) is 2. The number of aliphatic hydroxyl groups is 1. The van der Waals surface area contributed by atoms with Gasteiger partial charge in [-0.15, -0.1) is 0 Å². The molecule has 0 saturated carbocycles. The van der Waals surface area contributed by atoms with Crippen molar-refractivity contribution in [2.75, 3.05) is 0 Å². The summed E-state index contributed by atoms with van der Waals surface area (Å²) in [5, 5.41) is 17.7. The van der Waals surface area contributed by atoms with Crippen molar-refractivity contribution in [3.63, 3.8) is 0 Å². The molecule has 0 amide bonds. The molecule has 0 aromatic heterocycles. The van der Waals surface area contributed by atoms with Crippen LogP contribution in [0.25, 0.3) is 0 Å². The van der Waals surface area contributed by atoms with Crippen molar-refractivity contribution in [3.05, 3.63) is 12.2 Å². The van der Waals surface area contributed by atoms with E-state index < -0.39 is 11.6 Å². The van der Waals surface area contributed by atoms with Crippen LogP contribution in [0.1, 0.15) is 33.1 Å². The maximum atomic E-state index is 10.3. The van der Waals surface area contributed by atoms with Gasteiger partial charge >= 0.3 is 5.97 Å². The molecule has 2 N–H and O–H groups in total. The van der Waals surface area contributed by atoms with Crippen LogP contribution in [0.2, 0.25) is 0 Å². The summed E-state index contributed by atoms with van der Waals surface area (Å²) >= 11 is 0. The summed E-state index contributed by atoms with van der Waals surface area (Å²) in [6.07, 6.45) is 1.70. The summed E-state index contributed by atoms with van der Waals surface area (Å²) in [7, 11) is 0. The Morgan fingerprint density at radius 1 is 1.50 bits per heavy atom. The van der Waals surface area contributed by atoms with Crippen molar-refractivity contribution in [2.45, 2.75) is 38.7 Å². The minimum atomic E-state index is -0.953. The molecule has 0 saturated heterocycles. The van der Waals surface area contributed by atoms with Gasteiger partial charge in [0.05, 0.1) is 5.60 Å². The second kappa shape index (κ2) is 4.26. The lowest BCUT2D eigenvalue weighted by Crippen LogP contribution is -2.18. The molecule has 0 fully saturated rings. The standard InChI is InChI=1S/C9H16O3/c1-7(8(10)11)5-4-6-9(2,3)12/h12H,1,4-6H2,2-3H3,(H,10,11). The predicted molar refractivity (Wildman–Crippen MR) is 46.9 cm³/mol. The van der Waals surface area contributed by atoms with Gasteiger partial charge < -0.3 is 10.2 Å². The molecule has 0 radical (unpaired) electrons. The monoisotopic (exact) mass is 172 g/mol. The first-order valence-electron chi connectivity index (χ1n) is 3.96. The van der Waals surface area contributed by atoms with Crippen molar-refractivity contribution in [3.8, 4) is 0 Å². The average Bonchev–Trinajstić information content (AvgIpc) is 1.84. The Balaban J connectivity index is 3.58. The number of hydrogen-bond acceptors (Lipinski definition) is 2. The summed E-state index contributed by atoms with van der Waals surface area (Å²) in [5.41, 5.74) is -0.502. The van der Waals surface area contributed by atoms with Gasteiger partial charge in [-0.05, 0) is 33.1 Å². The molecule has 0 aliphatic rings. The van der Waals surface area contributed by atoms with Crippen molar-refractivity contribution in [2.24, 2.45) is 0 Å². The minimum Gasteiger partial charge on any atom is -0.478 e. The molecule has 0 aliphatic heterocycles. The van der Waals surface area contributed by atoms with E-state index in [4.69, 9.17) is 5.11 Å². The predicted octanol–water partition coefficient (Wildman–Crippen LogP) is 1.57. The van der Waals surface area contributed by atoms with Crippen LogP contribution >= 0.6 is 0 Å². The number of carboxylic acid groups (broad SMARTS) is 1. The third kappa shape index (κ3) is 5.92. The molecule has 0 heterocycles. The van der Waals surface area contributed by atoms with Gasteiger partial charge in [0.1, 0.15) is 0 Å². The van der Waals surface area contributed by atoms with Gasteiger partial charge in [0.2, 0.25) is 0 Å². The van der Waals surface area contributed by atoms with Crippen LogP contribution < -0.4 is 0 Å². The summed E-state index contributed by atoms with van der Waals surface area (Å²) < 4.78 is 0. The van der Waals surface area contributed by atoms with Gasteiger partial charge in [-0.1, -0.05) is 6.58 Å². The Morgan fingerprint density at radius 2 is 2.00 bits per heavy atom. The first-order valence-corrected chi connectivity index (χ1v) is 3.96. The molecule has 0 spiro atoms. The summed E-state index contributed by atoms with van der Waals surface area (Å²) in [6.45, 7) is 6.80. The van der Waals surface area contributed by atoms with Crippen LogP contribution in [-0.4, -0.2) is 21.8 Å².